The number of rotatable bonds is 4. The molecule has 0 aromatic heterocycles. The maximum Gasteiger partial charge on any atom is 0.246 e. The second kappa shape index (κ2) is 6.52. The molecular formula is C16H22N2O2S. The molecule has 114 valence electrons. The van der Waals surface area contributed by atoms with Gasteiger partial charge in [0, 0.05) is 17.2 Å². The van der Waals surface area contributed by atoms with Crippen LogP contribution >= 0.6 is 11.8 Å². The fourth-order valence-corrected chi connectivity index (χ4v) is 3.17. The van der Waals surface area contributed by atoms with Gasteiger partial charge in [-0.1, -0.05) is 39.0 Å². The number of hydrogen-bond donors (Lipinski definition) is 1. The summed E-state index contributed by atoms with van der Waals surface area (Å²) < 4.78 is 0. The largest absolute Gasteiger partial charge is 0.342 e. The van der Waals surface area contributed by atoms with E-state index >= 15 is 0 Å². The van der Waals surface area contributed by atoms with E-state index in [4.69, 9.17) is 0 Å². The summed E-state index contributed by atoms with van der Waals surface area (Å²) in [6.45, 7) is 6.67. The topological polar surface area (TPSA) is 49.4 Å². The zero-order valence-electron chi connectivity index (χ0n) is 12.8. The number of piperazine rings is 1. The summed E-state index contributed by atoms with van der Waals surface area (Å²) >= 11 is 1.70. The number of carbonyl (C=O) groups excluding carboxylic acids is 2. The Kier molecular flexibility index (Phi) is 4.93. The van der Waals surface area contributed by atoms with Gasteiger partial charge in [-0.05, 0) is 17.5 Å². The van der Waals surface area contributed by atoms with Crippen LogP contribution in [0.15, 0.2) is 35.2 Å². The first kappa shape index (κ1) is 15.9. The van der Waals surface area contributed by atoms with Crippen molar-refractivity contribution in [3.63, 3.8) is 0 Å². The zero-order chi connectivity index (χ0) is 15.5. The number of benzene rings is 1. The molecule has 1 aliphatic heterocycles. The molecule has 2 amide bonds. The summed E-state index contributed by atoms with van der Waals surface area (Å²) in [5.74, 6) is 0.745. The number of hydrogen-bond acceptors (Lipinski definition) is 3. The monoisotopic (exact) mass is 306 g/mol. The molecule has 2 rings (SSSR count). The van der Waals surface area contributed by atoms with Crippen molar-refractivity contribution in [1.82, 2.24) is 10.2 Å². The number of thioether (sulfide) groups is 1. The molecule has 1 atom stereocenters. The lowest BCUT2D eigenvalue weighted by atomic mass is 9.85. The van der Waals surface area contributed by atoms with Crippen LogP contribution in [0.25, 0.3) is 0 Å². The Bertz CT molecular complexity index is 511. The van der Waals surface area contributed by atoms with Crippen LogP contribution in [0.5, 0.6) is 0 Å². The zero-order valence-corrected chi connectivity index (χ0v) is 13.6. The third kappa shape index (κ3) is 4.24. The van der Waals surface area contributed by atoms with Gasteiger partial charge in [0.1, 0.15) is 6.04 Å². The van der Waals surface area contributed by atoms with Crippen LogP contribution in [0.2, 0.25) is 0 Å². The van der Waals surface area contributed by atoms with E-state index in [9.17, 15) is 9.59 Å². The van der Waals surface area contributed by atoms with Gasteiger partial charge in [0.2, 0.25) is 11.8 Å². The smallest absolute Gasteiger partial charge is 0.246 e. The van der Waals surface area contributed by atoms with Gasteiger partial charge in [-0.25, -0.2) is 0 Å². The van der Waals surface area contributed by atoms with Gasteiger partial charge in [-0.2, -0.15) is 0 Å². The Morgan fingerprint density at radius 3 is 2.52 bits per heavy atom. The minimum absolute atomic E-state index is 0.0239. The van der Waals surface area contributed by atoms with Crippen LogP contribution in [0.3, 0.4) is 0 Å². The maximum absolute atomic E-state index is 12.5. The number of nitrogens with one attached hydrogen (secondary N) is 1. The van der Waals surface area contributed by atoms with E-state index in [-0.39, 0.29) is 23.8 Å². The Hall–Kier alpha value is -1.49. The van der Waals surface area contributed by atoms with Crippen molar-refractivity contribution in [2.75, 3.05) is 18.8 Å². The van der Waals surface area contributed by atoms with Crippen LogP contribution < -0.4 is 5.32 Å². The van der Waals surface area contributed by atoms with Crippen molar-refractivity contribution in [2.45, 2.75) is 31.7 Å². The van der Waals surface area contributed by atoms with E-state index in [0.717, 1.165) is 5.75 Å². The van der Waals surface area contributed by atoms with Gasteiger partial charge in [-0.3, -0.25) is 9.59 Å². The van der Waals surface area contributed by atoms with Crippen molar-refractivity contribution in [3.8, 4) is 0 Å². The van der Waals surface area contributed by atoms with Gasteiger partial charge < -0.3 is 10.2 Å². The summed E-state index contributed by atoms with van der Waals surface area (Å²) in [5, 5.41) is 2.81. The predicted molar refractivity (Wildman–Crippen MR) is 85.1 cm³/mol. The lowest BCUT2D eigenvalue weighted by molar-refractivity contribution is -0.147. The SMILES string of the molecule is CC(C)(C)C1NC(=O)CN(CCSc2ccccc2)C1=O. The van der Waals surface area contributed by atoms with E-state index in [1.54, 1.807) is 16.7 Å². The molecule has 21 heavy (non-hydrogen) atoms. The highest BCUT2D eigenvalue weighted by Crippen LogP contribution is 2.24. The van der Waals surface area contributed by atoms with Gasteiger partial charge in [0.05, 0.1) is 6.54 Å². The number of nitrogens with zero attached hydrogens (tertiary/aromatic N) is 1. The molecule has 1 aromatic rings. The Labute approximate surface area is 130 Å². The molecule has 1 heterocycles. The van der Waals surface area contributed by atoms with Gasteiger partial charge in [0.25, 0.3) is 0 Å². The van der Waals surface area contributed by atoms with E-state index in [2.05, 4.69) is 5.32 Å². The Balaban J connectivity index is 1.93. The molecule has 0 radical (unpaired) electrons. The first-order chi connectivity index (χ1) is 9.88. The first-order valence-corrected chi connectivity index (χ1v) is 8.12. The highest BCUT2D eigenvalue weighted by molar-refractivity contribution is 7.99. The van der Waals surface area contributed by atoms with E-state index in [1.165, 1.54) is 4.90 Å². The first-order valence-electron chi connectivity index (χ1n) is 7.14. The summed E-state index contributed by atoms with van der Waals surface area (Å²) in [7, 11) is 0. The Morgan fingerprint density at radius 1 is 1.24 bits per heavy atom. The second-order valence-electron chi connectivity index (χ2n) is 6.29. The van der Waals surface area contributed by atoms with Gasteiger partial charge >= 0.3 is 0 Å². The molecule has 0 spiro atoms. The molecule has 0 saturated carbocycles. The Morgan fingerprint density at radius 2 is 1.90 bits per heavy atom. The standard InChI is InChI=1S/C16H22N2O2S/c1-16(2,3)14-15(20)18(11-13(19)17-14)9-10-21-12-7-5-4-6-8-12/h4-8,14H,9-11H2,1-3H3,(H,17,19). The fourth-order valence-electron chi connectivity index (χ4n) is 2.27. The normalized spacial score (nSPS) is 19.6. The molecule has 0 bridgehead atoms. The van der Waals surface area contributed by atoms with Crippen LogP contribution in [0.4, 0.5) is 0 Å². The summed E-state index contributed by atoms with van der Waals surface area (Å²) in [5.41, 5.74) is -0.266. The minimum Gasteiger partial charge on any atom is -0.342 e. The summed E-state index contributed by atoms with van der Waals surface area (Å²) in [6, 6.07) is 9.65. The molecular weight excluding hydrogens is 284 g/mol. The molecule has 1 fully saturated rings. The number of carbonyl (C=O) groups is 2. The lowest BCUT2D eigenvalue weighted by Gasteiger charge is -2.38. The second-order valence-corrected chi connectivity index (χ2v) is 7.46. The summed E-state index contributed by atoms with van der Waals surface area (Å²) in [4.78, 5) is 27.1. The fraction of sp³-hybridized carbons (Fsp3) is 0.500. The minimum atomic E-state index is -0.430. The highest BCUT2D eigenvalue weighted by atomic mass is 32.2. The van der Waals surface area contributed by atoms with Crippen molar-refractivity contribution in [3.05, 3.63) is 30.3 Å². The molecule has 4 nitrogen and oxygen atoms in total. The van der Waals surface area contributed by atoms with Crippen molar-refractivity contribution in [2.24, 2.45) is 5.41 Å². The van der Waals surface area contributed by atoms with Gasteiger partial charge in [-0.15, -0.1) is 11.8 Å². The van der Waals surface area contributed by atoms with Crippen LogP contribution in [-0.2, 0) is 9.59 Å². The van der Waals surface area contributed by atoms with Gasteiger partial charge in [0.15, 0.2) is 0 Å². The molecule has 1 saturated heterocycles. The average Bonchev–Trinajstić information content (AvgIpc) is 2.42. The molecule has 1 N–H and O–H groups in total. The van der Waals surface area contributed by atoms with Crippen LogP contribution in [0, 0.1) is 5.41 Å². The third-order valence-electron chi connectivity index (χ3n) is 3.44. The predicted octanol–water partition coefficient (Wildman–Crippen LogP) is 2.15. The molecule has 1 unspecified atom stereocenters. The molecule has 1 aliphatic rings. The molecule has 5 heteroatoms. The third-order valence-corrected chi connectivity index (χ3v) is 4.43. The maximum atomic E-state index is 12.5. The van der Waals surface area contributed by atoms with E-state index in [1.807, 2.05) is 51.1 Å². The lowest BCUT2D eigenvalue weighted by Crippen LogP contribution is -2.62. The van der Waals surface area contributed by atoms with E-state index < -0.39 is 6.04 Å². The molecule has 1 aromatic carbocycles. The van der Waals surface area contributed by atoms with Crippen LogP contribution in [0.1, 0.15) is 20.8 Å². The molecule has 0 aliphatic carbocycles. The quantitative estimate of drug-likeness (QED) is 0.867. The average molecular weight is 306 g/mol. The van der Waals surface area contributed by atoms with Crippen molar-refractivity contribution < 1.29 is 9.59 Å². The van der Waals surface area contributed by atoms with Crippen molar-refractivity contribution >= 4 is 23.6 Å². The van der Waals surface area contributed by atoms with E-state index in [0.29, 0.717) is 6.54 Å². The summed E-state index contributed by atoms with van der Waals surface area (Å²) in [6.07, 6.45) is 0. The highest BCUT2D eigenvalue weighted by Gasteiger charge is 2.39. The van der Waals surface area contributed by atoms with Crippen molar-refractivity contribution in [1.29, 1.82) is 0 Å². The van der Waals surface area contributed by atoms with Crippen LogP contribution in [-0.4, -0.2) is 41.6 Å². The number of amides is 2.